The number of carbonyl (C=O) groups excluding carboxylic acids is 1. The van der Waals surface area contributed by atoms with E-state index in [0.717, 1.165) is 36.4 Å². The van der Waals surface area contributed by atoms with Crippen molar-refractivity contribution in [1.29, 1.82) is 0 Å². The molecular formula is C20H15F2N3O6S. The van der Waals surface area contributed by atoms with Gasteiger partial charge >= 0.3 is 0 Å². The summed E-state index contributed by atoms with van der Waals surface area (Å²) in [5.74, 6) is -2.96. The van der Waals surface area contributed by atoms with Crippen LogP contribution in [0.4, 0.5) is 25.8 Å². The van der Waals surface area contributed by atoms with Crippen LogP contribution in [0.15, 0.2) is 65.6 Å². The Hall–Kier alpha value is -4.06. The summed E-state index contributed by atoms with van der Waals surface area (Å²) in [7, 11) is -3.01. The van der Waals surface area contributed by atoms with Gasteiger partial charge in [0.1, 0.15) is 5.75 Å². The molecule has 0 fully saturated rings. The second-order valence-electron chi connectivity index (χ2n) is 6.36. The summed E-state index contributed by atoms with van der Waals surface area (Å²) < 4.78 is 59.2. The summed E-state index contributed by atoms with van der Waals surface area (Å²) in [4.78, 5) is 22.4. The quantitative estimate of drug-likeness (QED) is 0.404. The number of hydrogen-bond donors (Lipinski definition) is 2. The van der Waals surface area contributed by atoms with Crippen molar-refractivity contribution in [1.82, 2.24) is 0 Å². The molecule has 1 amide bonds. The maximum absolute atomic E-state index is 13.3. The predicted molar refractivity (Wildman–Crippen MR) is 111 cm³/mol. The molecule has 0 aliphatic rings. The Morgan fingerprint density at radius 2 is 1.78 bits per heavy atom. The van der Waals surface area contributed by atoms with E-state index in [2.05, 4.69) is 10.0 Å². The predicted octanol–water partition coefficient (Wildman–Crippen LogP) is 3.93. The molecule has 0 aliphatic heterocycles. The lowest BCUT2D eigenvalue weighted by molar-refractivity contribution is -0.384. The molecule has 0 bridgehead atoms. The molecule has 0 spiro atoms. The second-order valence-corrected chi connectivity index (χ2v) is 8.04. The number of sulfonamides is 1. The lowest BCUT2D eigenvalue weighted by atomic mass is 10.2. The summed E-state index contributed by atoms with van der Waals surface area (Å²) in [6.07, 6.45) is 0. The minimum absolute atomic E-state index is 0.0263. The number of ether oxygens (including phenoxy) is 1. The van der Waals surface area contributed by atoms with E-state index in [4.69, 9.17) is 4.74 Å². The normalized spacial score (nSPS) is 11.0. The zero-order valence-electron chi connectivity index (χ0n) is 16.3. The van der Waals surface area contributed by atoms with Crippen molar-refractivity contribution in [2.24, 2.45) is 0 Å². The van der Waals surface area contributed by atoms with Gasteiger partial charge in [-0.25, -0.2) is 17.2 Å². The third kappa shape index (κ3) is 4.98. The van der Waals surface area contributed by atoms with Crippen LogP contribution in [0.1, 0.15) is 10.4 Å². The first-order valence-corrected chi connectivity index (χ1v) is 10.3. The maximum atomic E-state index is 13.3. The lowest BCUT2D eigenvalue weighted by Crippen LogP contribution is -2.16. The number of hydrogen-bond acceptors (Lipinski definition) is 6. The lowest BCUT2D eigenvalue weighted by Gasteiger charge is -2.12. The SMILES string of the molecule is COc1ccc([N+](=O)[O-])cc1NS(=O)(=O)c1cccc(C(=O)Nc2ccc(F)c(F)c2)c1. The molecule has 0 saturated carbocycles. The number of carbonyl (C=O) groups is 1. The molecule has 0 heterocycles. The largest absolute Gasteiger partial charge is 0.495 e. The van der Waals surface area contributed by atoms with E-state index >= 15 is 0 Å². The van der Waals surface area contributed by atoms with E-state index in [0.29, 0.717) is 0 Å². The number of nitrogens with zero attached hydrogens (tertiary/aromatic N) is 1. The van der Waals surface area contributed by atoms with Crippen molar-refractivity contribution in [2.45, 2.75) is 4.90 Å². The summed E-state index contributed by atoms with van der Waals surface area (Å²) in [6, 6.07) is 11.0. The van der Waals surface area contributed by atoms with Gasteiger partial charge in [0, 0.05) is 29.4 Å². The highest BCUT2D eigenvalue weighted by atomic mass is 32.2. The first kappa shape index (κ1) is 22.6. The highest BCUT2D eigenvalue weighted by molar-refractivity contribution is 7.92. The van der Waals surface area contributed by atoms with Crippen molar-refractivity contribution in [2.75, 3.05) is 17.1 Å². The molecule has 0 aliphatic carbocycles. The monoisotopic (exact) mass is 463 g/mol. The Bertz CT molecular complexity index is 1310. The van der Waals surface area contributed by atoms with Crippen LogP contribution in [0.25, 0.3) is 0 Å². The number of nitrogens with one attached hydrogen (secondary N) is 2. The van der Waals surface area contributed by atoms with E-state index in [-0.39, 0.29) is 33.3 Å². The number of benzene rings is 3. The van der Waals surface area contributed by atoms with E-state index in [9.17, 15) is 32.1 Å². The standard InChI is InChI=1S/C20H15F2N3O6S/c1-31-19-8-6-14(25(27)28)11-18(19)24-32(29,30)15-4-2-3-12(9-15)20(26)23-13-5-7-16(21)17(22)10-13/h2-11,24H,1H3,(H,23,26). The third-order valence-electron chi connectivity index (χ3n) is 4.22. The molecule has 0 aromatic heterocycles. The fourth-order valence-electron chi connectivity index (χ4n) is 2.67. The van der Waals surface area contributed by atoms with E-state index in [1.807, 2.05) is 0 Å². The van der Waals surface area contributed by atoms with Gasteiger partial charge in [-0.3, -0.25) is 19.6 Å². The van der Waals surface area contributed by atoms with Crippen molar-refractivity contribution in [3.8, 4) is 5.75 Å². The fourth-order valence-corrected chi connectivity index (χ4v) is 3.78. The number of rotatable bonds is 7. The summed E-state index contributed by atoms with van der Waals surface area (Å²) in [6.45, 7) is 0. The minimum Gasteiger partial charge on any atom is -0.495 e. The van der Waals surface area contributed by atoms with Crippen molar-refractivity contribution in [3.63, 3.8) is 0 Å². The first-order chi connectivity index (χ1) is 15.1. The number of non-ortho nitro benzene ring substituents is 1. The molecule has 0 atom stereocenters. The summed E-state index contributed by atoms with van der Waals surface area (Å²) in [5, 5.41) is 13.3. The molecular weight excluding hydrogens is 448 g/mol. The molecule has 166 valence electrons. The van der Waals surface area contributed by atoms with Gasteiger partial charge in [-0.05, 0) is 36.4 Å². The number of halogens is 2. The van der Waals surface area contributed by atoms with E-state index < -0.39 is 32.5 Å². The van der Waals surface area contributed by atoms with Gasteiger partial charge in [0.05, 0.1) is 22.6 Å². The Balaban J connectivity index is 1.88. The van der Waals surface area contributed by atoms with Crippen LogP contribution in [0, 0.1) is 21.7 Å². The second kappa shape index (κ2) is 8.98. The Morgan fingerprint density at radius 1 is 1.03 bits per heavy atom. The van der Waals surface area contributed by atoms with Gasteiger partial charge in [0.2, 0.25) is 0 Å². The van der Waals surface area contributed by atoms with Crippen molar-refractivity contribution < 1.29 is 31.7 Å². The van der Waals surface area contributed by atoms with Crippen molar-refractivity contribution in [3.05, 3.63) is 88.0 Å². The molecule has 2 N–H and O–H groups in total. The van der Waals surface area contributed by atoms with Crippen LogP contribution in [0.5, 0.6) is 5.75 Å². The minimum atomic E-state index is -4.27. The maximum Gasteiger partial charge on any atom is 0.271 e. The fraction of sp³-hybridized carbons (Fsp3) is 0.0500. The van der Waals surface area contributed by atoms with E-state index in [1.54, 1.807) is 0 Å². The summed E-state index contributed by atoms with van der Waals surface area (Å²) in [5.41, 5.74) is -0.633. The number of nitro benzene ring substituents is 1. The van der Waals surface area contributed by atoms with Crippen LogP contribution in [-0.2, 0) is 10.0 Å². The van der Waals surface area contributed by atoms with Gasteiger partial charge in [-0.2, -0.15) is 0 Å². The zero-order chi connectivity index (χ0) is 23.5. The highest BCUT2D eigenvalue weighted by Crippen LogP contribution is 2.31. The molecule has 9 nitrogen and oxygen atoms in total. The van der Waals surface area contributed by atoms with Gasteiger partial charge in [0.25, 0.3) is 21.6 Å². The topological polar surface area (TPSA) is 128 Å². The molecule has 32 heavy (non-hydrogen) atoms. The third-order valence-corrected chi connectivity index (χ3v) is 5.59. The number of nitro groups is 1. The molecule has 12 heteroatoms. The molecule has 0 saturated heterocycles. The van der Waals surface area contributed by atoms with Crippen LogP contribution in [0.2, 0.25) is 0 Å². The number of methoxy groups -OCH3 is 1. The highest BCUT2D eigenvalue weighted by Gasteiger charge is 2.20. The van der Waals surface area contributed by atoms with Gasteiger partial charge < -0.3 is 10.1 Å². The van der Waals surface area contributed by atoms with Crippen LogP contribution in [0.3, 0.4) is 0 Å². The zero-order valence-corrected chi connectivity index (χ0v) is 17.2. The Labute approximate surface area is 180 Å². The molecule has 3 aromatic carbocycles. The Morgan fingerprint density at radius 3 is 2.44 bits per heavy atom. The molecule has 0 unspecified atom stereocenters. The van der Waals surface area contributed by atoms with Crippen LogP contribution in [-0.4, -0.2) is 26.4 Å². The van der Waals surface area contributed by atoms with Gasteiger partial charge in [-0.1, -0.05) is 6.07 Å². The van der Waals surface area contributed by atoms with Crippen LogP contribution < -0.4 is 14.8 Å². The molecule has 0 radical (unpaired) electrons. The molecule has 3 aromatic rings. The first-order valence-electron chi connectivity index (χ1n) is 8.82. The van der Waals surface area contributed by atoms with Crippen LogP contribution >= 0.6 is 0 Å². The van der Waals surface area contributed by atoms with E-state index in [1.165, 1.54) is 31.4 Å². The van der Waals surface area contributed by atoms with Gasteiger partial charge in [0.15, 0.2) is 11.6 Å². The molecule has 3 rings (SSSR count). The Kier molecular flexibility index (Phi) is 6.35. The number of anilines is 2. The van der Waals surface area contributed by atoms with Crippen molar-refractivity contribution >= 4 is 33.0 Å². The smallest absolute Gasteiger partial charge is 0.271 e. The number of amides is 1. The average Bonchev–Trinajstić information content (AvgIpc) is 2.76. The van der Waals surface area contributed by atoms with Gasteiger partial charge in [-0.15, -0.1) is 0 Å². The average molecular weight is 463 g/mol. The summed E-state index contributed by atoms with van der Waals surface area (Å²) >= 11 is 0.